The Morgan fingerprint density at radius 2 is 1.68 bits per heavy atom. The van der Waals surface area contributed by atoms with Crippen LogP contribution in [0.15, 0.2) is 48.5 Å². The molecule has 0 saturated heterocycles. The second-order valence-corrected chi connectivity index (χ2v) is 8.36. The summed E-state index contributed by atoms with van der Waals surface area (Å²) in [5.74, 6) is -1.02. The van der Waals surface area contributed by atoms with Crippen LogP contribution < -0.4 is 5.32 Å². The molecular weight excluding hydrogens is 416 g/mol. The first-order chi connectivity index (χ1) is 14.9. The number of carboxylic acid groups (broad SMARTS) is 1. The van der Waals surface area contributed by atoms with Crippen molar-refractivity contribution in [2.24, 2.45) is 0 Å². The Bertz CT molecular complexity index is 919. The summed E-state index contributed by atoms with van der Waals surface area (Å²) in [5, 5.41) is 11.6. The standard InChI is InChI=1S/C23H26N2O5S/c1-25(11-12-31-2)22(28)20(13-21(26)27)24-23(29)30-14-19-17-9-5-3-7-15(17)16-8-4-6-10-18(16)19/h3-10,19-20H,11-14H2,1-2H3,(H,24,29)(H,26,27). The largest absolute Gasteiger partial charge is 0.481 e. The van der Waals surface area contributed by atoms with Crippen molar-refractivity contribution in [3.63, 3.8) is 0 Å². The number of carbonyl (C=O) groups is 3. The monoisotopic (exact) mass is 442 g/mol. The van der Waals surface area contributed by atoms with Gasteiger partial charge in [0.2, 0.25) is 5.91 Å². The number of benzene rings is 2. The number of nitrogens with zero attached hydrogens (tertiary/aromatic N) is 1. The van der Waals surface area contributed by atoms with Crippen molar-refractivity contribution in [2.75, 3.05) is 32.2 Å². The van der Waals surface area contributed by atoms with E-state index in [1.165, 1.54) is 4.90 Å². The molecule has 2 aromatic carbocycles. The Morgan fingerprint density at radius 1 is 1.10 bits per heavy atom. The molecule has 0 heterocycles. The predicted octanol–water partition coefficient (Wildman–Crippen LogP) is 3.19. The van der Waals surface area contributed by atoms with Gasteiger partial charge in [0.1, 0.15) is 12.6 Å². The number of alkyl carbamates (subject to hydrolysis) is 1. The first-order valence-electron chi connectivity index (χ1n) is 9.99. The van der Waals surface area contributed by atoms with Crippen LogP contribution in [0.2, 0.25) is 0 Å². The highest BCUT2D eigenvalue weighted by atomic mass is 32.2. The number of thioether (sulfide) groups is 1. The summed E-state index contributed by atoms with van der Waals surface area (Å²) in [5.41, 5.74) is 4.38. The minimum atomic E-state index is -1.18. The number of hydrogen-bond donors (Lipinski definition) is 2. The molecule has 0 aliphatic heterocycles. The van der Waals surface area contributed by atoms with Crippen LogP contribution in [0.5, 0.6) is 0 Å². The number of carboxylic acids is 1. The fourth-order valence-electron chi connectivity index (χ4n) is 3.76. The second-order valence-electron chi connectivity index (χ2n) is 7.37. The summed E-state index contributed by atoms with van der Waals surface area (Å²) in [7, 11) is 1.59. The van der Waals surface area contributed by atoms with Crippen molar-refractivity contribution < 1.29 is 24.2 Å². The Morgan fingerprint density at radius 3 is 2.23 bits per heavy atom. The van der Waals surface area contributed by atoms with E-state index >= 15 is 0 Å². The van der Waals surface area contributed by atoms with E-state index in [2.05, 4.69) is 5.32 Å². The van der Waals surface area contributed by atoms with Crippen molar-refractivity contribution in [1.29, 1.82) is 0 Å². The van der Waals surface area contributed by atoms with Crippen molar-refractivity contribution in [2.45, 2.75) is 18.4 Å². The van der Waals surface area contributed by atoms with Gasteiger partial charge in [-0.3, -0.25) is 9.59 Å². The SMILES string of the molecule is CSCCN(C)C(=O)C(CC(=O)O)NC(=O)OCC1c2ccccc2-c2ccccc21. The van der Waals surface area contributed by atoms with Crippen molar-refractivity contribution in [3.05, 3.63) is 59.7 Å². The van der Waals surface area contributed by atoms with E-state index < -0.39 is 30.4 Å². The number of rotatable bonds is 9. The number of carbonyl (C=O) groups excluding carboxylic acids is 2. The van der Waals surface area contributed by atoms with E-state index in [0.29, 0.717) is 12.3 Å². The summed E-state index contributed by atoms with van der Waals surface area (Å²) in [6.45, 7) is 0.554. The predicted molar refractivity (Wildman–Crippen MR) is 120 cm³/mol. The summed E-state index contributed by atoms with van der Waals surface area (Å²) < 4.78 is 5.44. The van der Waals surface area contributed by atoms with Gasteiger partial charge < -0.3 is 20.1 Å². The molecule has 1 unspecified atom stereocenters. The molecule has 7 nitrogen and oxygen atoms in total. The lowest BCUT2D eigenvalue weighted by atomic mass is 9.98. The molecule has 0 spiro atoms. The van der Waals surface area contributed by atoms with Gasteiger partial charge in [-0.1, -0.05) is 48.5 Å². The first kappa shape index (κ1) is 22.7. The van der Waals surface area contributed by atoms with Gasteiger partial charge in [-0.25, -0.2) is 4.79 Å². The smallest absolute Gasteiger partial charge is 0.407 e. The number of fused-ring (bicyclic) bond motifs is 3. The maximum absolute atomic E-state index is 12.6. The minimum Gasteiger partial charge on any atom is -0.481 e. The zero-order valence-corrected chi connectivity index (χ0v) is 18.4. The average Bonchev–Trinajstić information content (AvgIpc) is 3.08. The maximum atomic E-state index is 12.6. The first-order valence-corrected chi connectivity index (χ1v) is 11.4. The van der Waals surface area contributed by atoms with Crippen LogP contribution in [0.3, 0.4) is 0 Å². The van der Waals surface area contributed by atoms with Gasteiger partial charge in [-0.2, -0.15) is 11.8 Å². The third-order valence-electron chi connectivity index (χ3n) is 5.32. The highest BCUT2D eigenvalue weighted by Gasteiger charge is 2.31. The van der Waals surface area contributed by atoms with E-state index in [9.17, 15) is 14.4 Å². The fourth-order valence-corrected chi connectivity index (χ4v) is 4.22. The van der Waals surface area contributed by atoms with Gasteiger partial charge in [-0.15, -0.1) is 0 Å². The zero-order valence-electron chi connectivity index (χ0n) is 17.5. The van der Waals surface area contributed by atoms with Crippen molar-refractivity contribution >= 4 is 29.7 Å². The molecule has 2 amide bonds. The molecule has 164 valence electrons. The lowest BCUT2D eigenvalue weighted by molar-refractivity contribution is -0.142. The van der Waals surface area contributed by atoms with Crippen LogP contribution in [0.4, 0.5) is 4.79 Å². The van der Waals surface area contributed by atoms with E-state index in [0.717, 1.165) is 22.3 Å². The number of aliphatic carboxylic acids is 1. The Balaban J connectivity index is 1.66. The summed E-state index contributed by atoms with van der Waals surface area (Å²) in [6, 6.07) is 14.8. The van der Waals surface area contributed by atoms with Gasteiger partial charge in [0.05, 0.1) is 6.42 Å². The van der Waals surface area contributed by atoms with Crippen LogP contribution in [-0.2, 0) is 14.3 Å². The minimum absolute atomic E-state index is 0.0934. The number of likely N-dealkylation sites (N-methyl/N-ethyl adjacent to an activating group) is 1. The topological polar surface area (TPSA) is 95.9 Å². The molecule has 3 rings (SSSR count). The van der Waals surface area contributed by atoms with Crippen LogP contribution in [-0.4, -0.2) is 66.2 Å². The number of ether oxygens (including phenoxy) is 1. The Kier molecular flexibility index (Phi) is 7.57. The van der Waals surface area contributed by atoms with Crippen LogP contribution in [0.1, 0.15) is 23.5 Å². The molecule has 0 fully saturated rings. The van der Waals surface area contributed by atoms with E-state index in [1.54, 1.807) is 18.8 Å². The zero-order chi connectivity index (χ0) is 22.4. The molecule has 0 bridgehead atoms. The van der Waals surface area contributed by atoms with Crippen molar-refractivity contribution in [1.82, 2.24) is 10.2 Å². The molecule has 0 saturated carbocycles. The number of nitrogens with one attached hydrogen (secondary N) is 1. The van der Waals surface area contributed by atoms with Crippen LogP contribution in [0.25, 0.3) is 11.1 Å². The molecule has 1 aliphatic carbocycles. The third-order valence-corrected chi connectivity index (χ3v) is 5.91. The van der Waals surface area contributed by atoms with Crippen LogP contribution in [0, 0.1) is 0 Å². The molecule has 1 aliphatic rings. The number of hydrogen-bond acceptors (Lipinski definition) is 5. The summed E-state index contributed by atoms with van der Waals surface area (Å²) in [6.07, 6.45) is 0.606. The molecule has 2 aromatic rings. The van der Waals surface area contributed by atoms with Gasteiger partial charge in [-0.05, 0) is 28.5 Å². The van der Waals surface area contributed by atoms with Crippen molar-refractivity contribution in [3.8, 4) is 11.1 Å². The summed E-state index contributed by atoms with van der Waals surface area (Å²) >= 11 is 1.58. The molecular formula is C23H26N2O5S. The number of amides is 2. The second kappa shape index (κ2) is 10.3. The molecule has 1 atom stereocenters. The van der Waals surface area contributed by atoms with Gasteiger partial charge in [0.25, 0.3) is 0 Å². The van der Waals surface area contributed by atoms with Gasteiger partial charge in [0, 0.05) is 25.3 Å². The maximum Gasteiger partial charge on any atom is 0.407 e. The molecule has 31 heavy (non-hydrogen) atoms. The fraction of sp³-hybridized carbons (Fsp3) is 0.348. The molecule has 0 radical (unpaired) electrons. The van der Waals surface area contributed by atoms with E-state index in [4.69, 9.17) is 9.84 Å². The molecule has 8 heteroatoms. The lowest BCUT2D eigenvalue weighted by Crippen LogP contribution is -2.49. The quantitative estimate of drug-likeness (QED) is 0.619. The van der Waals surface area contributed by atoms with E-state index in [1.807, 2.05) is 54.8 Å². The van der Waals surface area contributed by atoms with Gasteiger partial charge in [0.15, 0.2) is 0 Å². The average molecular weight is 443 g/mol. The normalized spacial score (nSPS) is 13.1. The highest BCUT2D eigenvalue weighted by Crippen LogP contribution is 2.44. The highest BCUT2D eigenvalue weighted by molar-refractivity contribution is 7.98. The third kappa shape index (κ3) is 5.38. The summed E-state index contributed by atoms with van der Waals surface area (Å²) in [4.78, 5) is 37.7. The van der Waals surface area contributed by atoms with Gasteiger partial charge >= 0.3 is 12.1 Å². The molecule has 0 aromatic heterocycles. The Hall–Kier alpha value is -3.00. The lowest BCUT2D eigenvalue weighted by Gasteiger charge is -2.23. The Labute approximate surface area is 185 Å². The van der Waals surface area contributed by atoms with Crippen LogP contribution >= 0.6 is 11.8 Å². The molecule has 2 N–H and O–H groups in total. The van der Waals surface area contributed by atoms with E-state index in [-0.39, 0.29) is 12.5 Å².